The summed E-state index contributed by atoms with van der Waals surface area (Å²) in [6, 6.07) is 4.91. The van der Waals surface area contributed by atoms with Crippen molar-refractivity contribution in [1.29, 1.82) is 0 Å². The second-order valence-corrected chi connectivity index (χ2v) is 22.2. The van der Waals surface area contributed by atoms with Gasteiger partial charge in [0, 0.05) is 69.9 Å². The fraction of sp³-hybridized carbons (Fsp3) is 0.811. The molecule has 3 aliphatic heterocycles. The highest BCUT2D eigenvalue weighted by Gasteiger charge is 2.53. The zero-order valence-electron chi connectivity index (χ0n) is 45.9. The van der Waals surface area contributed by atoms with Crippen molar-refractivity contribution in [3.63, 3.8) is 0 Å². The number of esters is 1. The molecule has 0 aliphatic carbocycles. The van der Waals surface area contributed by atoms with Crippen LogP contribution in [0.4, 0.5) is 4.39 Å². The standard InChI is InChI=1S/C53H88FN5O14/c1-16-41-53(11,66)46(62)33(6)58(13)27-29(2)24-51(9,65)48(31(4)44(32(5)49(64)71-41)72-42-25-52(10,68-15)47(63)35(8)70-42)73-50-43(61)39(23-30(3)69-50)57(12)22-21-38-28-59(56-55-38)40(26-54)45(67-14)37-19-17-36(18-20-37)34(7)60/h17-20,28-33,35,39-48,50,61-63,65-66H,16,21-27H2,1-15H3/t29-,30-,31+,32-,33-,35+,39+,40-,41-,42+,43-,44+,45-,46-,47+,48-,50+,51-,52-,53-/m1/s1. The van der Waals surface area contributed by atoms with E-state index < -0.39 is 127 Å². The Balaban J connectivity index is 1.44. The van der Waals surface area contributed by atoms with Gasteiger partial charge in [-0.3, -0.25) is 9.59 Å². The third-order valence-electron chi connectivity index (χ3n) is 16.1. The number of ether oxygens (including phenoxy) is 7. The number of benzene rings is 1. The number of carbonyl (C=O) groups excluding carboxylic acids is 2. The van der Waals surface area contributed by atoms with Crippen molar-refractivity contribution in [2.45, 2.75) is 211 Å². The van der Waals surface area contributed by atoms with E-state index in [1.165, 1.54) is 32.7 Å². The van der Waals surface area contributed by atoms with E-state index in [1.807, 2.05) is 37.7 Å². The van der Waals surface area contributed by atoms with Crippen LogP contribution in [0.5, 0.6) is 0 Å². The largest absolute Gasteiger partial charge is 0.459 e. The molecule has 3 fully saturated rings. The van der Waals surface area contributed by atoms with E-state index >= 15 is 0 Å². The van der Waals surface area contributed by atoms with E-state index in [-0.39, 0.29) is 31.0 Å². The molecular formula is C53H88FN5O14. The molecular weight excluding hydrogens is 950 g/mol. The van der Waals surface area contributed by atoms with Crippen LogP contribution in [-0.4, -0.2) is 200 Å². The second-order valence-electron chi connectivity index (χ2n) is 22.2. The third kappa shape index (κ3) is 14.1. The number of Topliss-reactive ketones (excluding diaryl/α,β-unsaturated/α-hetero) is 1. The van der Waals surface area contributed by atoms with Crippen molar-refractivity contribution < 1.29 is 72.7 Å². The highest BCUT2D eigenvalue weighted by Crippen LogP contribution is 2.41. The summed E-state index contributed by atoms with van der Waals surface area (Å²) in [4.78, 5) is 30.2. The van der Waals surface area contributed by atoms with Gasteiger partial charge in [0.1, 0.15) is 48.8 Å². The van der Waals surface area contributed by atoms with Crippen molar-refractivity contribution in [3.05, 3.63) is 47.3 Å². The maximum atomic E-state index is 14.7. The van der Waals surface area contributed by atoms with E-state index in [9.17, 15) is 39.5 Å². The van der Waals surface area contributed by atoms with Gasteiger partial charge in [-0.2, -0.15) is 0 Å². The zero-order valence-corrected chi connectivity index (χ0v) is 45.9. The van der Waals surface area contributed by atoms with Gasteiger partial charge in [-0.15, -0.1) is 5.10 Å². The van der Waals surface area contributed by atoms with Crippen molar-refractivity contribution >= 4 is 11.8 Å². The van der Waals surface area contributed by atoms with Crippen LogP contribution in [-0.2, 0) is 44.4 Å². The molecule has 1 aromatic carbocycles. The van der Waals surface area contributed by atoms with Gasteiger partial charge in [0.15, 0.2) is 18.4 Å². The number of hydrogen-bond donors (Lipinski definition) is 5. The predicted octanol–water partition coefficient (Wildman–Crippen LogP) is 4.21. The van der Waals surface area contributed by atoms with Crippen LogP contribution in [0.1, 0.15) is 136 Å². The SMILES string of the molecule is CC[C@H]1OC(=O)[C@H](C)[C@@H](O[C@H]2C[C@@](C)(OC)[C@@H](O)[C@H](C)O2)[C@H](C)[C@@H](O[C@@H]2O[C@H](C)C[C@H](N(C)CCc3cn([C@H](CF)[C@H](OC)c4ccc(C(C)=O)cc4)nn3)[C@H]2O)[C@](C)(O)C[C@@H](C)CN(C)[C@H](C)[C@@H](O)[C@]1(C)O. The molecule has 1 aromatic heterocycles. The Morgan fingerprint density at radius 1 is 0.986 bits per heavy atom. The van der Waals surface area contributed by atoms with Gasteiger partial charge >= 0.3 is 5.97 Å². The second kappa shape index (κ2) is 25.4. The lowest BCUT2D eigenvalue weighted by Gasteiger charge is -2.49. The Labute approximate surface area is 431 Å². The minimum atomic E-state index is -1.86. The Hall–Kier alpha value is -3.09. The molecule has 416 valence electrons. The predicted molar refractivity (Wildman–Crippen MR) is 268 cm³/mol. The number of aliphatic hydroxyl groups is 5. The maximum Gasteiger partial charge on any atom is 0.311 e. The maximum absolute atomic E-state index is 14.7. The number of methoxy groups -OCH3 is 2. The first kappa shape index (κ1) is 60.8. The fourth-order valence-electron chi connectivity index (χ4n) is 11.4. The average Bonchev–Trinajstić information content (AvgIpc) is 3.81. The molecule has 0 radical (unpaired) electrons. The molecule has 5 rings (SSSR count). The number of likely N-dealkylation sites (N-methyl/N-ethyl adjacent to an activating group) is 2. The molecule has 0 bridgehead atoms. The quantitative estimate of drug-likeness (QED) is 0.117. The van der Waals surface area contributed by atoms with Crippen LogP contribution >= 0.6 is 0 Å². The Morgan fingerprint density at radius 3 is 2.23 bits per heavy atom. The number of aliphatic hydroxyl groups excluding tert-OH is 3. The summed E-state index contributed by atoms with van der Waals surface area (Å²) in [7, 11) is 6.67. The first-order chi connectivity index (χ1) is 34.1. The summed E-state index contributed by atoms with van der Waals surface area (Å²) in [6.07, 6.45) is -8.19. The third-order valence-corrected chi connectivity index (χ3v) is 16.1. The first-order valence-corrected chi connectivity index (χ1v) is 26.0. The summed E-state index contributed by atoms with van der Waals surface area (Å²) in [5, 5.41) is 68.4. The van der Waals surface area contributed by atoms with Gasteiger partial charge in [-0.1, -0.05) is 50.3 Å². The summed E-state index contributed by atoms with van der Waals surface area (Å²) in [5.74, 6) is -2.98. The van der Waals surface area contributed by atoms with Crippen LogP contribution in [0.15, 0.2) is 30.5 Å². The highest BCUT2D eigenvalue weighted by molar-refractivity contribution is 5.94. The van der Waals surface area contributed by atoms with Crippen LogP contribution in [0.3, 0.4) is 0 Å². The van der Waals surface area contributed by atoms with Gasteiger partial charge in [0.05, 0.1) is 47.2 Å². The molecule has 0 amide bonds. The molecule has 0 spiro atoms. The highest BCUT2D eigenvalue weighted by atomic mass is 19.1. The Morgan fingerprint density at radius 2 is 1.64 bits per heavy atom. The Bertz CT molecular complexity index is 2070. The number of nitrogens with zero attached hydrogens (tertiary/aromatic N) is 5. The minimum Gasteiger partial charge on any atom is -0.459 e. The fourth-order valence-corrected chi connectivity index (χ4v) is 11.4. The molecule has 19 nitrogen and oxygen atoms in total. The lowest BCUT2D eigenvalue weighted by atomic mass is 9.77. The molecule has 0 saturated carbocycles. The number of halogens is 1. The van der Waals surface area contributed by atoms with Crippen LogP contribution in [0.2, 0.25) is 0 Å². The number of cyclic esters (lactones) is 1. The molecule has 2 aromatic rings. The molecule has 0 unspecified atom stereocenters. The van der Waals surface area contributed by atoms with Gasteiger partial charge in [-0.05, 0) is 100 Å². The molecule has 20 atom stereocenters. The Kier molecular flexibility index (Phi) is 21.1. The van der Waals surface area contributed by atoms with E-state index in [4.69, 9.17) is 33.2 Å². The number of ketones is 1. The van der Waals surface area contributed by atoms with E-state index in [2.05, 4.69) is 10.3 Å². The summed E-state index contributed by atoms with van der Waals surface area (Å²) in [6.45, 7) is 18.9. The molecule has 20 heteroatoms. The smallest absolute Gasteiger partial charge is 0.311 e. The monoisotopic (exact) mass is 1040 g/mol. The number of carbonyl (C=O) groups is 2. The summed E-state index contributed by atoms with van der Waals surface area (Å²) >= 11 is 0. The van der Waals surface area contributed by atoms with Crippen LogP contribution < -0.4 is 0 Å². The number of hydrogen-bond acceptors (Lipinski definition) is 18. The number of aromatic nitrogens is 3. The average molecular weight is 1040 g/mol. The zero-order chi connectivity index (χ0) is 54.5. The van der Waals surface area contributed by atoms with E-state index in [0.29, 0.717) is 42.8 Å². The van der Waals surface area contributed by atoms with Gasteiger partial charge in [0.25, 0.3) is 0 Å². The van der Waals surface area contributed by atoms with Crippen molar-refractivity contribution in [2.24, 2.45) is 17.8 Å². The van der Waals surface area contributed by atoms with Crippen LogP contribution in [0.25, 0.3) is 0 Å². The van der Waals surface area contributed by atoms with Gasteiger partial charge in [-0.25, -0.2) is 9.07 Å². The molecule has 3 saturated heterocycles. The van der Waals surface area contributed by atoms with E-state index in [0.717, 1.165) is 0 Å². The van der Waals surface area contributed by atoms with E-state index in [1.54, 1.807) is 78.9 Å². The van der Waals surface area contributed by atoms with Gasteiger partial charge in [0.2, 0.25) is 0 Å². The van der Waals surface area contributed by atoms with Crippen molar-refractivity contribution in [2.75, 3.05) is 48.1 Å². The molecule has 3 aliphatic rings. The molecule has 5 N–H and O–H groups in total. The summed E-state index contributed by atoms with van der Waals surface area (Å²) < 4.78 is 60.2. The van der Waals surface area contributed by atoms with Crippen LogP contribution in [0, 0.1) is 17.8 Å². The molecule has 73 heavy (non-hydrogen) atoms. The lowest BCUT2D eigenvalue weighted by molar-refractivity contribution is -0.318. The molecule has 4 heterocycles. The normalized spacial score (nSPS) is 39.6. The van der Waals surface area contributed by atoms with Crippen molar-refractivity contribution in [3.8, 4) is 0 Å². The number of alkyl halides is 1. The minimum absolute atomic E-state index is 0.0790. The van der Waals surface area contributed by atoms with Crippen molar-refractivity contribution in [1.82, 2.24) is 24.8 Å². The lowest BCUT2D eigenvalue weighted by Crippen LogP contribution is -2.61. The van der Waals surface area contributed by atoms with Gasteiger partial charge < -0.3 is 68.5 Å². The topological polar surface area (TPSA) is 237 Å². The summed E-state index contributed by atoms with van der Waals surface area (Å²) in [5.41, 5.74) is -2.81. The first-order valence-electron chi connectivity index (χ1n) is 26.0. The number of rotatable bonds is 16.